The van der Waals surface area contributed by atoms with Crippen LogP contribution in [0.4, 0.5) is 14.9 Å². The molecule has 0 aromatic heterocycles. The van der Waals surface area contributed by atoms with E-state index in [4.69, 9.17) is 11.6 Å². The molecule has 0 saturated carbocycles. The summed E-state index contributed by atoms with van der Waals surface area (Å²) in [4.78, 5) is 14.3. The minimum absolute atomic E-state index is 0.0613. The summed E-state index contributed by atoms with van der Waals surface area (Å²) >= 11 is 5.85. The average molecular weight is 397 g/mol. The van der Waals surface area contributed by atoms with Gasteiger partial charge in [-0.15, -0.1) is 0 Å². The second kappa shape index (κ2) is 7.63. The van der Waals surface area contributed by atoms with Gasteiger partial charge in [0.15, 0.2) is 9.84 Å². The highest BCUT2D eigenvalue weighted by molar-refractivity contribution is 7.91. The Kier molecular flexibility index (Phi) is 5.48. The van der Waals surface area contributed by atoms with Gasteiger partial charge < -0.3 is 10.2 Å². The minimum Gasteiger partial charge on any atom is -0.316 e. The van der Waals surface area contributed by atoms with Crippen molar-refractivity contribution >= 4 is 33.2 Å². The molecular weight excluding hydrogens is 379 g/mol. The maximum Gasteiger partial charge on any atom is 0.322 e. The van der Waals surface area contributed by atoms with Gasteiger partial charge in [0.1, 0.15) is 5.82 Å². The Morgan fingerprint density at radius 1 is 1.15 bits per heavy atom. The summed E-state index contributed by atoms with van der Waals surface area (Å²) in [6.45, 7) is 0.194. The molecule has 0 spiro atoms. The van der Waals surface area contributed by atoms with E-state index in [0.717, 1.165) is 5.56 Å². The fourth-order valence-corrected chi connectivity index (χ4v) is 4.76. The fraction of sp³-hybridized carbons (Fsp3) is 0.278. The van der Waals surface area contributed by atoms with Crippen LogP contribution >= 0.6 is 11.6 Å². The summed E-state index contributed by atoms with van der Waals surface area (Å²) in [7, 11) is -3.15. The van der Waals surface area contributed by atoms with Crippen LogP contribution < -0.4 is 5.32 Å². The highest BCUT2D eigenvalue weighted by Gasteiger charge is 2.34. The lowest BCUT2D eigenvalue weighted by Crippen LogP contribution is -2.43. The van der Waals surface area contributed by atoms with Gasteiger partial charge in [-0.2, -0.15) is 0 Å². The molecule has 1 heterocycles. The number of rotatable bonds is 4. The maximum atomic E-state index is 13.1. The van der Waals surface area contributed by atoms with E-state index in [1.807, 2.05) is 0 Å². The number of nitrogens with zero attached hydrogens (tertiary/aromatic N) is 1. The molecule has 3 rings (SSSR count). The van der Waals surface area contributed by atoms with Gasteiger partial charge in [0.2, 0.25) is 0 Å². The van der Waals surface area contributed by atoms with E-state index >= 15 is 0 Å². The number of amides is 2. The molecule has 0 bridgehead atoms. The van der Waals surface area contributed by atoms with Crippen molar-refractivity contribution in [2.24, 2.45) is 0 Å². The number of sulfone groups is 1. The number of halogens is 2. The molecule has 1 aliphatic heterocycles. The van der Waals surface area contributed by atoms with Crippen molar-refractivity contribution in [1.82, 2.24) is 4.90 Å². The number of carbonyl (C=O) groups excluding carboxylic acids is 1. The molecular formula is C18H18ClFN2O3S. The Morgan fingerprint density at radius 3 is 2.38 bits per heavy atom. The lowest BCUT2D eigenvalue weighted by atomic mass is 10.1. The lowest BCUT2D eigenvalue weighted by Gasteiger charge is -2.28. The second-order valence-corrected chi connectivity index (χ2v) is 8.91. The largest absolute Gasteiger partial charge is 0.322 e. The first-order valence-electron chi connectivity index (χ1n) is 8.10. The van der Waals surface area contributed by atoms with Crippen molar-refractivity contribution in [2.75, 3.05) is 16.8 Å². The molecule has 138 valence electrons. The van der Waals surface area contributed by atoms with Crippen molar-refractivity contribution in [3.63, 3.8) is 0 Å². The Hall–Kier alpha value is -2.12. The molecule has 2 aromatic rings. The highest BCUT2D eigenvalue weighted by atomic mass is 35.5. The summed E-state index contributed by atoms with van der Waals surface area (Å²) in [6.07, 6.45) is 0.386. The van der Waals surface area contributed by atoms with E-state index < -0.39 is 21.9 Å². The molecule has 0 unspecified atom stereocenters. The van der Waals surface area contributed by atoms with Crippen LogP contribution in [0, 0.1) is 5.82 Å². The van der Waals surface area contributed by atoms with Gasteiger partial charge in [-0.1, -0.05) is 23.7 Å². The topological polar surface area (TPSA) is 66.5 Å². The van der Waals surface area contributed by atoms with Crippen molar-refractivity contribution in [3.8, 4) is 0 Å². The number of anilines is 1. The number of carbonyl (C=O) groups is 1. The quantitative estimate of drug-likeness (QED) is 0.856. The third-order valence-corrected chi connectivity index (χ3v) is 6.27. The van der Waals surface area contributed by atoms with Crippen LogP contribution in [0.3, 0.4) is 0 Å². The first kappa shape index (κ1) is 18.7. The van der Waals surface area contributed by atoms with Gasteiger partial charge in [0.05, 0.1) is 11.5 Å². The third kappa shape index (κ3) is 4.74. The van der Waals surface area contributed by atoms with E-state index in [9.17, 15) is 17.6 Å². The smallest absolute Gasteiger partial charge is 0.316 e. The Bertz CT molecular complexity index is 886. The van der Waals surface area contributed by atoms with Crippen LogP contribution in [0.25, 0.3) is 0 Å². The number of benzene rings is 2. The molecule has 2 amide bonds. The maximum absolute atomic E-state index is 13.1. The summed E-state index contributed by atoms with van der Waals surface area (Å²) in [5.41, 5.74) is 1.28. The molecule has 1 N–H and O–H groups in total. The minimum atomic E-state index is -3.15. The molecule has 1 aliphatic rings. The average Bonchev–Trinajstić information content (AvgIpc) is 2.96. The van der Waals surface area contributed by atoms with E-state index in [1.165, 1.54) is 17.0 Å². The van der Waals surface area contributed by atoms with E-state index in [2.05, 4.69) is 5.32 Å². The van der Waals surface area contributed by atoms with Crippen LogP contribution in [0.1, 0.15) is 12.0 Å². The first-order valence-corrected chi connectivity index (χ1v) is 10.3. The van der Waals surface area contributed by atoms with Crippen LogP contribution in [-0.4, -0.2) is 36.9 Å². The van der Waals surface area contributed by atoms with E-state index in [1.54, 1.807) is 36.4 Å². The SMILES string of the molecule is O=C(Nc1ccc(Cl)cc1)N(Cc1ccc(F)cc1)[C@H]1CCS(=O)(=O)C1. The lowest BCUT2D eigenvalue weighted by molar-refractivity contribution is 0.190. The summed E-state index contributed by atoms with van der Waals surface area (Å²) in [5.74, 6) is -0.372. The molecule has 1 saturated heterocycles. The first-order chi connectivity index (χ1) is 12.3. The standard InChI is InChI=1S/C18H18ClFN2O3S/c19-14-3-7-16(8-4-14)21-18(23)22(17-9-10-26(24,25)12-17)11-13-1-5-15(20)6-2-13/h1-8,17H,9-12H2,(H,21,23)/t17-/m0/s1. The van der Waals surface area contributed by atoms with E-state index in [0.29, 0.717) is 17.1 Å². The number of hydrogen-bond acceptors (Lipinski definition) is 3. The predicted molar refractivity (Wildman–Crippen MR) is 99.5 cm³/mol. The normalized spacial score (nSPS) is 18.5. The summed E-state index contributed by atoms with van der Waals surface area (Å²) in [5, 5.41) is 3.31. The molecule has 0 aliphatic carbocycles. The van der Waals surface area contributed by atoms with Crippen molar-refractivity contribution in [1.29, 1.82) is 0 Å². The Labute approximate surface area is 156 Å². The Morgan fingerprint density at radius 2 is 1.81 bits per heavy atom. The molecule has 1 fully saturated rings. The monoisotopic (exact) mass is 396 g/mol. The summed E-state index contributed by atoms with van der Waals surface area (Å²) in [6, 6.07) is 11.6. The van der Waals surface area contributed by atoms with Gasteiger partial charge >= 0.3 is 6.03 Å². The van der Waals surface area contributed by atoms with Crippen molar-refractivity contribution < 1.29 is 17.6 Å². The zero-order chi connectivity index (χ0) is 18.7. The van der Waals surface area contributed by atoms with Crippen LogP contribution in [0.5, 0.6) is 0 Å². The van der Waals surface area contributed by atoms with Gasteiger partial charge in [-0.25, -0.2) is 17.6 Å². The molecule has 1 atom stereocenters. The van der Waals surface area contributed by atoms with Gasteiger partial charge in [0, 0.05) is 23.3 Å². The molecule has 2 aromatic carbocycles. The highest BCUT2D eigenvalue weighted by Crippen LogP contribution is 2.22. The van der Waals surface area contributed by atoms with Crippen LogP contribution in [0.15, 0.2) is 48.5 Å². The molecule has 26 heavy (non-hydrogen) atoms. The number of nitrogens with one attached hydrogen (secondary N) is 1. The molecule has 0 radical (unpaired) electrons. The molecule has 5 nitrogen and oxygen atoms in total. The van der Waals surface area contributed by atoms with Gasteiger partial charge in [-0.05, 0) is 48.4 Å². The van der Waals surface area contributed by atoms with Crippen LogP contribution in [0.2, 0.25) is 5.02 Å². The fourth-order valence-electron chi connectivity index (χ4n) is 2.90. The second-order valence-electron chi connectivity index (χ2n) is 6.25. The van der Waals surface area contributed by atoms with E-state index in [-0.39, 0.29) is 23.9 Å². The zero-order valence-electron chi connectivity index (χ0n) is 13.9. The van der Waals surface area contributed by atoms with Gasteiger partial charge in [0.25, 0.3) is 0 Å². The van der Waals surface area contributed by atoms with Crippen LogP contribution in [-0.2, 0) is 16.4 Å². The predicted octanol–water partition coefficient (Wildman–Crippen LogP) is 3.70. The zero-order valence-corrected chi connectivity index (χ0v) is 15.4. The summed E-state index contributed by atoms with van der Waals surface area (Å²) < 4.78 is 36.8. The van der Waals surface area contributed by atoms with Crippen molar-refractivity contribution in [3.05, 3.63) is 64.9 Å². The molecule has 8 heteroatoms. The van der Waals surface area contributed by atoms with Gasteiger partial charge in [-0.3, -0.25) is 0 Å². The number of hydrogen-bond donors (Lipinski definition) is 1. The Balaban J connectivity index is 1.80. The number of urea groups is 1. The van der Waals surface area contributed by atoms with Crippen molar-refractivity contribution in [2.45, 2.75) is 19.0 Å². The third-order valence-electron chi connectivity index (χ3n) is 4.27.